The standard InChI is InChI=1S/C18H21N5OS/c1-12(2)13(3)22-16(24)10-25-18-15-9-21-23(17(15)19-11-20-18)14-7-5-4-6-8-14/h4-9,11-13H,10H2,1-3H3,(H,22,24). The van der Waals surface area contributed by atoms with E-state index in [9.17, 15) is 4.79 Å². The molecule has 6 nitrogen and oxygen atoms in total. The normalized spacial score (nSPS) is 12.5. The summed E-state index contributed by atoms with van der Waals surface area (Å²) in [6.45, 7) is 6.19. The molecule has 2 aromatic heterocycles. The molecular weight excluding hydrogens is 334 g/mol. The van der Waals surface area contributed by atoms with Gasteiger partial charge >= 0.3 is 0 Å². The molecule has 0 aliphatic carbocycles. The maximum Gasteiger partial charge on any atom is 0.230 e. The average Bonchev–Trinajstić information content (AvgIpc) is 3.05. The van der Waals surface area contributed by atoms with E-state index in [0.717, 1.165) is 21.7 Å². The summed E-state index contributed by atoms with van der Waals surface area (Å²) in [6, 6.07) is 9.98. The van der Waals surface area contributed by atoms with Crippen LogP contribution >= 0.6 is 11.8 Å². The van der Waals surface area contributed by atoms with E-state index < -0.39 is 0 Å². The van der Waals surface area contributed by atoms with Gasteiger partial charge in [-0.1, -0.05) is 43.8 Å². The fourth-order valence-electron chi connectivity index (χ4n) is 2.29. The number of aromatic nitrogens is 4. The number of benzene rings is 1. The summed E-state index contributed by atoms with van der Waals surface area (Å²) in [5.74, 6) is 0.733. The summed E-state index contributed by atoms with van der Waals surface area (Å²) in [6.07, 6.45) is 3.26. The largest absolute Gasteiger partial charge is 0.353 e. The number of hydrogen-bond donors (Lipinski definition) is 1. The third-order valence-electron chi connectivity index (χ3n) is 4.06. The Balaban J connectivity index is 1.77. The Morgan fingerprint density at radius 3 is 2.68 bits per heavy atom. The first-order chi connectivity index (χ1) is 12.1. The van der Waals surface area contributed by atoms with Crippen LogP contribution in [0.15, 0.2) is 47.9 Å². The third kappa shape index (κ3) is 3.99. The van der Waals surface area contributed by atoms with Crippen molar-refractivity contribution in [3.63, 3.8) is 0 Å². The van der Waals surface area contributed by atoms with Gasteiger partial charge < -0.3 is 5.32 Å². The van der Waals surface area contributed by atoms with E-state index in [4.69, 9.17) is 0 Å². The Kier molecular flexibility index (Phi) is 5.33. The number of nitrogens with zero attached hydrogens (tertiary/aromatic N) is 4. The van der Waals surface area contributed by atoms with Gasteiger partial charge in [-0.25, -0.2) is 14.6 Å². The Morgan fingerprint density at radius 1 is 1.20 bits per heavy atom. The number of fused-ring (bicyclic) bond motifs is 1. The predicted molar refractivity (Wildman–Crippen MR) is 99.8 cm³/mol. The van der Waals surface area contributed by atoms with Crippen molar-refractivity contribution in [2.45, 2.75) is 31.8 Å². The lowest BCUT2D eigenvalue weighted by Crippen LogP contribution is -2.37. The summed E-state index contributed by atoms with van der Waals surface area (Å²) >= 11 is 1.40. The Morgan fingerprint density at radius 2 is 1.96 bits per heavy atom. The lowest BCUT2D eigenvalue weighted by molar-refractivity contribution is -0.119. The Bertz CT molecular complexity index is 862. The fourth-order valence-corrected chi connectivity index (χ4v) is 3.06. The van der Waals surface area contributed by atoms with Crippen LogP contribution in [0.3, 0.4) is 0 Å². The molecule has 1 aromatic carbocycles. The highest BCUT2D eigenvalue weighted by molar-refractivity contribution is 8.00. The van der Waals surface area contributed by atoms with Crippen LogP contribution in [0.1, 0.15) is 20.8 Å². The number of thioether (sulfide) groups is 1. The third-order valence-corrected chi connectivity index (χ3v) is 5.06. The number of carbonyl (C=O) groups is 1. The Labute approximate surface area is 151 Å². The van der Waals surface area contributed by atoms with Crippen molar-refractivity contribution in [1.82, 2.24) is 25.1 Å². The second-order valence-electron chi connectivity index (χ2n) is 6.20. The molecule has 3 aromatic rings. The first-order valence-corrected chi connectivity index (χ1v) is 9.21. The molecule has 130 valence electrons. The molecule has 0 radical (unpaired) electrons. The lowest BCUT2D eigenvalue weighted by atomic mass is 10.1. The highest BCUT2D eigenvalue weighted by Gasteiger charge is 2.14. The van der Waals surface area contributed by atoms with Gasteiger partial charge in [-0.3, -0.25) is 4.79 Å². The molecule has 0 aliphatic heterocycles. The van der Waals surface area contributed by atoms with Gasteiger partial charge in [0, 0.05) is 6.04 Å². The maximum atomic E-state index is 12.1. The maximum absolute atomic E-state index is 12.1. The molecule has 1 atom stereocenters. The Hall–Kier alpha value is -2.41. The van der Waals surface area contributed by atoms with Crippen LogP contribution in [0, 0.1) is 5.92 Å². The van der Waals surface area contributed by atoms with Gasteiger partial charge in [0.15, 0.2) is 5.65 Å². The molecule has 1 amide bonds. The van der Waals surface area contributed by atoms with Crippen molar-refractivity contribution < 1.29 is 4.79 Å². The molecule has 7 heteroatoms. The zero-order chi connectivity index (χ0) is 17.8. The number of rotatable bonds is 6. The quantitative estimate of drug-likeness (QED) is 0.543. The van der Waals surface area contributed by atoms with Crippen LogP contribution in [0.25, 0.3) is 16.7 Å². The topological polar surface area (TPSA) is 72.7 Å². The smallest absolute Gasteiger partial charge is 0.230 e. The SMILES string of the molecule is CC(C)C(C)NC(=O)CSc1ncnc2c1cnn2-c1ccccc1. The zero-order valence-corrected chi connectivity index (χ0v) is 15.3. The van der Waals surface area contributed by atoms with Crippen LogP contribution in [-0.4, -0.2) is 37.5 Å². The molecule has 0 spiro atoms. The summed E-state index contributed by atoms with van der Waals surface area (Å²) in [4.78, 5) is 20.8. The lowest BCUT2D eigenvalue weighted by Gasteiger charge is -2.17. The molecule has 25 heavy (non-hydrogen) atoms. The first kappa shape index (κ1) is 17.4. The van der Waals surface area contributed by atoms with Gasteiger partial charge in [0.25, 0.3) is 0 Å². The molecule has 0 fully saturated rings. The second kappa shape index (κ2) is 7.65. The average molecular weight is 355 g/mol. The number of para-hydroxylation sites is 1. The van der Waals surface area contributed by atoms with E-state index >= 15 is 0 Å². The molecule has 0 aliphatic rings. The minimum absolute atomic E-state index is 0.00779. The molecule has 1 N–H and O–H groups in total. The predicted octanol–water partition coefficient (Wildman–Crippen LogP) is 3.07. The molecule has 0 saturated heterocycles. The molecule has 1 unspecified atom stereocenters. The molecular formula is C18H21N5OS. The van der Waals surface area contributed by atoms with Crippen LogP contribution in [0.5, 0.6) is 0 Å². The minimum Gasteiger partial charge on any atom is -0.353 e. The number of nitrogens with one attached hydrogen (secondary N) is 1. The van der Waals surface area contributed by atoms with E-state index in [1.165, 1.54) is 18.1 Å². The second-order valence-corrected chi connectivity index (χ2v) is 7.16. The van der Waals surface area contributed by atoms with Crippen molar-refractivity contribution in [1.29, 1.82) is 0 Å². The van der Waals surface area contributed by atoms with Gasteiger partial charge in [0.1, 0.15) is 11.4 Å². The number of amides is 1. The van der Waals surface area contributed by atoms with Crippen molar-refractivity contribution in [2.24, 2.45) is 5.92 Å². The molecule has 3 rings (SSSR count). The van der Waals surface area contributed by atoms with E-state index in [1.54, 1.807) is 10.9 Å². The summed E-state index contributed by atoms with van der Waals surface area (Å²) in [5.41, 5.74) is 1.68. The fraction of sp³-hybridized carbons (Fsp3) is 0.333. The van der Waals surface area contributed by atoms with Gasteiger partial charge in [0.05, 0.1) is 23.0 Å². The molecule has 0 saturated carbocycles. The van der Waals surface area contributed by atoms with E-state index in [2.05, 4.69) is 34.2 Å². The highest BCUT2D eigenvalue weighted by atomic mass is 32.2. The van der Waals surface area contributed by atoms with Gasteiger partial charge in [-0.15, -0.1) is 0 Å². The summed E-state index contributed by atoms with van der Waals surface area (Å²) < 4.78 is 1.78. The summed E-state index contributed by atoms with van der Waals surface area (Å²) in [7, 11) is 0. The zero-order valence-electron chi connectivity index (χ0n) is 14.5. The van der Waals surface area contributed by atoms with Crippen LogP contribution in [0.4, 0.5) is 0 Å². The van der Waals surface area contributed by atoms with Crippen molar-refractivity contribution in [2.75, 3.05) is 5.75 Å². The van der Waals surface area contributed by atoms with Gasteiger partial charge in [-0.05, 0) is 25.0 Å². The molecule has 0 bridgehead atoms. The van der Waals surface area contributed by atoms with E-state index in [-0.39, 0.29) is 11.9 Å². The van der Waals surface area contributed by atoms with Crippen molar-refractivity contribution >= 4 is 28.7 Å². The number of carbonyl (C=O) groups excluding carboxylic acids is 1. The first-order valence-electron chi connectivity index (χ1n) is 8.22. The number of hydrogen-bond acceptors (Lipinski definition) is 5. The summed E-state index contributed by atoms with van der Waals surface area (Å²) in [5, 5.41) is 9.04. The minimum atomic E-state index is 0.00779. The highest BCUT2D eigenvalue weighted by Crippen LogP contribution is 2.25. The molecule has 2 heterocycles. The van der Waals surface area contributed by atoms with E-state index in [0.29, 0.717) is 11.7 Å². The van der Waals surface area contributed by atoms with Crippen LogP contribution in [0.2, 0.25) is 0 Å². The van der Waals surface area contributed by atoms with Crippen molar-refractivity contribution in [3.05, 3.63) is 42.9 Å². The van der Waals surface area contributed by atoms with E-state index in [1.807, 2.05) is 37.3 Å². The monoisotopic (exact) mass is 355 g/mol. The van der Waals surface area contributed by atoms with Gasteiger partial charge in [0.2, 0.25) is 5.91 Å². The van der Waals surface area contributed by atoms with Gasteiger partial charge in [-0.2, -0.15) is 5.10 Å². The van der Waals surface area contributed by atoms with Crippen LogP contribution in [-0.2, 0) is 4.79 Å². The van der Waals surface area contributed by atoms with Crippen molar-refractivity contribution in [3.8, 4) is 5.69 Å². The van der Waals surface area contributed by atoms with Crippen LogP contribution < -0.4 is 5.32 Å².